The molecular formula is C19H22ClN3O3. The molecule has 0 unspecified atom stereocenters. The number of anilines is 2. The summed E-state index contributed by atoms with van der Waals surface area (Å²) in [6, 6.07) is 12.0. The van der Waals surface area contributed by atoms with Crippen molar-refractivity contribution >= 4 is 34.8 Å². The largest absolute Gasteiger partial charge is 0.495 e. The zero-order chi connectivity index (χ0) is 19.1. The van der Waals surface area contributed by atoms with Crippen molar-refractivity contribution < 1.29 is 14.3 Å². The molecule has 0 aliphatic carbocycles. The predicted octanol–water partition coefficient (Wildman–Crippen LogP) is 3.42. The minimum Gasteiger partial charge on any atom is -0.495 e. The number of ether oxygens (including phenoxy) is 1. The molecule has 0 aromatic heterocycles. The van der Waals surface area contributed by atoms with Gasteiger partial charge in [0.15, 0.2) is 0 Å². The number of halogens is 1. The van der Waals surface area contributed by atoms with E-state index in [2.05, 4.69) is 16.0 Å². The van der Waals surface area contributed by atoms with E-state index >= 15 is 0 Å². The molecule has 6 nitrogen and oxygen atoms in total. The Morgan fingerprint density at radius 3 is 2.46 bits per heavy atom. The van der Waals surface area contributed by atoms with Gasteiger partial charge >= 0.3 is 0 Å². The number of amides is 2. The van der Waals surface area contributed by atoms with Crippen LogP contribution in [0.5, 0.6) is 5.75 Å². The quantitative estimate of drug-likeness (QED) is 0.692. The molecule has 0 saturated carbocycles. The number of hydrogen-bond acceptors (Lipinski definition) is 4. The van der Waals surface area contributed by atoms with E-state index in [9.17, 15) is 9.59 Å². The van der Waals surface area contributed by atoms with E-state index in [0.717, 1.165) is 5.56 Å². The zero-order valence-electron chi connectivity index (χ0n) is 14.9. The van der Waals surface area contributed by atoms with Gasteiger partial charge in [0.1, 0.15) is 11.8 Å². The Bertz CT molecular complexity index is 778. The third kappa shape index (κ3) is 5.67. The molecule has 0 aliphatic heterocycles. The Kier molecular flexibility index (Phi) is 6.86. The molecule has 3 N–H and O–H groups in total. The van der Waals surface area contributed by atoms with Crippen LogP contribution in [0.1, 0.15) is 19.4 Å². The van der Waals surface area contributed by atoms with Gasteiger partial charge in [-0.15, -0.1) is 0 Å². The van der Waals surface area contributed by atoms with Crippen LogP contribution in [-0.4, -0.2) is 25.0 Å². The van der Waals surface area contributed by atoms with Crippen LogP contribution in [0.25, 0.3) is 0 Å². The molecule has 7 heteroatoms. The molecule has 138 valence electrons. The summed E-state index contributed by atoms with van der Waals surface area (Å²) in [5.41, 5.74) is 2.20. The predicted molar refractivity (Wildman–Crippen MR) is 104 cm³/mol. The van der Waals surface area contributed by atoms with Crippen molar-refractivity contribution in [2.24, 2.45) is 0 Å². The average Bonchev–Trinajstić information content (AvgIpc) is 2.60. The number of hydrogen-bond donors (Lipinski definition) is 3. The molecule has 0 aliphatic rings. The molecule has 0 saturated heterocycles. The van der Waals surface area contributed by atoms with E-state index in [1.165, 1.54) is 6.92 Å². The van der Waals surface area contributed by atoms with Crippen LogP contribution in [0.2, 0.25) is 5.02 Å². The molecular weight excluding hydrogens is 354 g/mol. The first kappa shape index (κ1) is 19.6. The molecule has 0 bridgehead atoms. The molecule has 26 heavy (non-hydrogen) atoms. The summed E-state index contributed by atoms with van der Waals surface area (Å²) in [7, 11) is 1.55. The first-order chi connectivity index (χ1) is 12.4. The number of nitrogens with one attached hydrogen (secondary N) is 3. The Morgan fingerprint density at radius 2 is 1.85 bits per heavy atom. The van der Waals surface area contributed by atoms with Gasteiger partial charge in [0.25, 0.3) is 0 Å². The third-order valence-corrected chi connectivity index (χ3v) is 3.92. The van der Waals surface area contributed by atoms with Crippen LogP contribution in [-0.2, 0) is 16.1 Å². The molecule has 0 heterocycles. The lowest BCUT2D eigenvalue weighted by atomic mass is 10.2. The standard InChI is InChI=1S/C19H22ClN3O3/c1-12(19(25)21-11-14-4-6-15(20)7-5-14)22-17-10-16(23-13(2)24)8-9-18(17)26-3/h4-10,12,22H,11H2,1-3H3,(H,21,25)(H,23,24)/t12-/m0/s1. The van der Waals surface area contributed by atoms with Crippen molar-refractivity contribution in [1.29, 1.82) is 0 Å². The first-order valence-electron chi connectivity index (χ1n) is 8.13. The highest BCUT2D eigenvalue weighted by Gasteiger charge is 2.15. The lowest BCUT2D eigenvalue weighted by Gasteiger charge is -2.18. The van der Waals surface area contributed by atoms with Gasteiger partial charge in [-0.25, -0.2) is 0 Å². The van der Waals surface area contributed by atoms with Crippen molar-refractivity contribution in [2.75, 3.05) is 17.7 Å². The molecule has 2 aromatic carbocycles. The highest BCUT2D eigenvalue weighted by molar-refractivity contribution is 6.30. The Balaban J connectivity index is 2.00. The average molecular weight is 376 g/mol. The van der Waals surface area contributed by atoms with Crippen molar-refractivity contribution in [1.82, 2.24) is 5.32 Å². The van der Waals surface area contributed by atoms with Crippen molar-refractivity contribution in [3.63, 3.8) is 0 Å². The van der Waals surface area contributed by atoms with E-state index in [4.69, 9.17) is 16.3 Å². The fourth-order valence-electron chi connectivity index (χ4n) is 2.35. The molecule has 0 radical (unpaired) electrons. The third-order valence-electron chi connectivity index (χ3n) is 3.67. The molecule has 2 amide bonds. The van der Waals surface area contributed by atoms with Gasteiger partial charge < -0.3 is 20.7 Å². The summed E-state index contributed by atoms with van der Waals surface area (Å²) in [5.74, 6) is 0.248. The van der Waals surface area contributed by atoms with Crippen molar-refractivity contribution in [3.8, 4) is 5.75 Å². The Labute approximate surface area is 157 Å². The van der Waals surface area contributed by atoms with Gasteiger partial charge in [0.05, 0.1) is 12.8 Å². The lowest BCUT2D eigenvalue weighted by Crippen LogP contribution is -2.37. The van der Waals surface area contributed by atoms with E-state index in [-0.39, 0.29) is 11.8 Å². The van der Waals surface area contributed by atoms with Crippen molar-refractivity contribution in [3.05, 3.63) is 53.1 Å². The number of carbonyl (C=O) groups is 2. The minimum atomic E-state index is -0.497. The van der Waals surface area contributed by atoms with Crippen LogP contribution in [0.4, 0.5) is 11.4 Å². The van der Waals surface area contributed by atoms with E-state index < -0.39 is 6.04 Å². The van der Waals surface area contributed by atoms with E-state index in [1.54, 1.807) is 44.4 Å². The summed E-state index contributed by atoms with van der Waals surface area (Å²) in [6.07, 6.45) is 0. The second kappa shape index (κ2) is 9.10. The second-order valence-corrected chi connectivity index (χ2v) is 6.24. The maximum absolute atomic E-state index is 12.3. The number of benzene rings is 2. The normalized spacial score (nSPS) is 11.4. The fraction of sp³-hybridized carbons (Fsp3) is 0.263. The number of rotatable bonds is 7. The van der Waals surface area contributed by atoms with Gasteiger partial charge in [0.2, 0.25) is 11.8 Å². The van der Waals surface area contributed by atoms with E-state index in [0.29, 0.717) is 28.7 Å². The number of methoxy groups -OCH3 is 1. The Hall–Kier alpha value is -2.73. The van der Waals surface area contributed by atoms with Gasteiger partial charge in [0, 0.05) is 24.2 Å². The first-order valence-corrected chi connectivity index (χ1v) is 8.51. The summed E-state index contributed by atoms with van der Waals surface area (Å²) in [5, 5.41) is 9.34. The molecule has 1 atom stereocenters. The van der Waals surface area contributed by atoms with Crippen LogP contribution in [0.15, 0.2) is 42.5 Å². The van der Waals surface area contributed by atoms with Gasteiger partial charge in [-0.2, -0.15) is 0 Å². The summed E-state index contributed by atoms with van der Waals surface area (Å²) < 4.78 is 5.31. The van der Waals surface area contributed by atoms with Crippen LogP contribution >= 0.6 is 11.6 Å². The van der Waals surface area contributed by atoms with Crippen molar-refractivity contribution in [2.45, 2.75) is 26.4 Å². The second-order valence-electron chi connectivity index (χ2n) is 5.81. The lowest BCUT2D eigenvalue weighted by molar-refractivity contribution is -0.121. The molecule has 2 aromatic rings. The number of carbonyl (C=O) groups excluding carboxylic acids is 2. The van der Waals surface area contributed by atoms with Crippen LogP contribution < -0.4 is 20.7 Å². The van der Waals surface area contributed by atoms with Gasteiger partial charge in [-0.05, 0) is 42.8 Å². The van der Waals surface area contributed by atoms with E-state index in [1.807, 2.05) is 12.1 Å². The summed E-state index contributed by atoms with van der Waals surface area (Å²) in [4.78, 5) is 23.6. The maximum Gasteiger partial charge on any atom is 0.242 e. The van der Waals surface area contributed by atoms with Crippen LogP contribution in [0.3, 0.4) is 0 Å². The van der Waals surface area contributed by atoms with Crippen LogP contribution in [0, 0.1) is 0 Å². The topological polar surface area (TPSA) is 79.5 Å². The maximum atomic E-state index is 12.3. The highest BCUT2D eigenvalue weighted by Crippen LogP contribution is 2.28. The molecule has 0 fully saturated rings. The smallest absolute Gasteiger partial charge is 0.242 e. The summed E-state index contributed by atoms with van der Waals surface area (Å²) >= 11 is 5.85. The molecule has 2 rings (SSSR count). The molecule has 0 spiro atoms. The highest BCUT2D eigenvalue weighted by atomic mass is 35.5. The minimum absolute atomic E-state index is 0.160. The Morgan fingerprint density at radius 1 is 1.15 bits per heavy atom. The summed E-state index contributed by atoms with van der Waals surface area (Å²) in [6.45, 7) is 3.59. The van der Waals surface area contributed by atoms with Gasteiger partial charge in [-0.3, -0.25) is 9.59 Å². The monoisotopic (exact) mass is 375 g/mol. The fourth-order valence-corrected chi connectivity index (χ4v) is 2.47. The SMILES string of the molecule is COc1ccc(NC(C)=O)cc1N[C@@H](C)C(=O)NCc1ccc(Cl)cc1. The van der Waals surface area contributed by atoms with Gasteiger partial charge in [-0.1, -0.05) is 23.7 Å². The zero-order valence-corrected chi connectivity index (χ0v) is 15.7.